The molecule has 2 rings (SSSR count). The molecule has 3 nitrogen and oxygen atoms in total. The maximum Gasteiger partial charge on any atom is 0.254 e. The van der Waals surface area contributed by atoms with E-state index in [1.807, 2.05) is 4.90 Å². The first-order valence-corrected chi connectivity index (χ1v) is 7.85. The van der Waals surface area contributed by atoms with E-state index in [9.17, 15) is 9.18 Å². The Bertz CT molecular complexity index is 496. The summed E-state index contributed by atoms with van der Waals surface area (Å²) in [4.78, 5) is 14.8. The highest BCUT2D eigenvalue weighted by Gasteiger charge is 2.28. The van der Waals surface area contributed by atoms with Crippen LogP contribution in [0, 0.1) is 12.7 Å². The summed E-state index contributed by atoms with van der Waals surface area (Å²) in [6.07, 6.45) is 4.80. The standard InChI is InChI=1S/C17H25FN2O/c1-3-10-20(15-7-5-14(19)6-8-15)17(21)16-9-4-13(18)11-12(16)2/h4,9,11,14-15H,3,5-8,10,19H2,1-2H3. The largest absolute Gasteiger partial charge is 0.336 e. The second kappa shape index (κ2) is 7.03. The molecule has 0 saturated heterocycles. The van der Waals surface area contributed by atoms with Gasteiger partial charge in [-0.3, -0.25) is 4.79 Å². The van der Waals surface area contributed by atoms with Crippen LogP contribution in [0.4, 0.5) is 4.39 Å². The third kappa shape index (κ3) is 3.82. The fourth-order valence-corrected chi connectivity index (χ4v) is 3.13. The molecule has 1 aromatic carbocycles. The van der Waals surface area contributed by atoms with Gasteiger partial charge in [-0.05, 0) is 62.8 Å². The van der Waals surface area contributed by atoms with Gasteiger partial charge in [0.15, 0.2) is 0 Å². The third-order valence-electron chi connectivity index (χ3n) is 4.33. The molecule has 2 N–H and O–H groups in total. The summed E-state index contributed by atoms with van der Waals surface area (Å²) in [5.41, 5.74) is 7.27. The zero-order chi connectivity index (χ0) is 15.4. The number of carbonyl (C=O) groups is 1. The van der Waals surface area contributed by atoms with Crippen molar-refractivity contribution in [3.63, 3.8) is 0 Å². The van der Waals surface area contributed by atoms with Crippen LogP contribution < -0.4 is 5.73 Å². The molecule has 1 fully saturated rings. The number of rotatable bonds is 4. The molecule has 0 atom stereocenters. The van der Waals surface area contributed by atoms with Crippen molar-refractivity contribution in [3.05, 3.63) is 35.1 Å². The Labute approximate surface area is 126 Å². The molecule has 4 heteroatoms. The van der Waals surface area contributed by atoms with Crippen LogP contribution in [0.2, 0.25) is 0 Å². The highest BCUT2D eigenvalue weighted by Crippen LogP contribution is 2.25. The quantitative estimate of drug-likeness (QED) is 0.926. The Balaban J connectivity index is 2.18. The fourth-order valence-electron chi connectivity index (χ4n) is 3.13. The number of benzene rings is 1. The molecule has 1 amide bonds. The maximum absolute atomic E-state index is 13.2. The van der Waals surface area contributed by atoms with Crippen molar-refractivity contribution >= 4 is 5.91 Å². The van der Waals surface area contributed by atoms with Gasteiger partial charge in [-0.15, -0.1) is 0 Å². The molecule has 116 valence electrons. The van der Waals surface area contributed by atoms with Crippen LogP contribution in [0.3, 0.4) is 0 Å². The lowest BCUT2D eigenvalue weighted by Gasteiger charge is -2.36. The highest BCUT2D eigenvalue weighted by molar-refractivity contribution is 5.95. The van der Waals surface area contributed by atoms with Crippen LogP contribution in [0.25, 0.3) is 0 Å². The Kier molecular flexibility index (Phi) is 5.34. The van der Waals surface area contributed by atoms with Crippen LogP contribution in [-0.4, -0.2) is 29.4 Å². The second-order valence-corrected chi connectivity index (χ2v) is 6.03. The van der Waals surface area contributed by atoms with Crippen molar-refractivity contribution in [2.75, 3.05) is 6.54 Å². The smallest absolute Gasteiger partial charge is 0.254 e. The molecule has 0 aromatic heterocycles. The minimum absolute atomic E-state index is 0.0230. The third-order valence-corrected chi connectivity index (χ3v) is 4.33. The lowest BCUT2D eigenvalue weighted by Crippen LogP contribution is -2.44. The minimum atomic E-state index is -0.297. The lowest BCUT2D eigenvalue weighted by molar-refractivity contribution is 0.0626. The molecular formula is C17H25FN2O. The van der Waals surface area contributed by atoms with E-state index in [1.165, 1.54) is 12.1 Å². The predicted octanol–water partition coefficient (Wildman–Crippen LogP) is 3.26. The lowest BCUT2D eigenvalue weighted by atomic mass is 9.90. The molecular weight excluding hydrogens is 267 g/mol. The molecule has 0 unspecified atom stereocenters. The zero-order valence-corrected chi connectivity index (χ0v) is 12.9. The summed E-state index contributed by atoms with van der Waals surface area (Å²) < 4.78 is 13.2. The van der Waals surface area contributed by atoms with Gasteiger partial charge in [-0.25, -0.2) is 4.39 Å². The van der Waals surface area contributed by atoms with Crippen LogP contribution in [0.5, 0.6) is 0 Å². The number of hydrogen-bond acceptors (Lipinski definition) is 2. The molecule has 1 aliphatic carbocycles. The van der Waals surface area contributed by atoms with Crippen molar-refractivity contribution in [1.29, 1.82) is 0 Å². The number of halogens is 1. The van der Waals surface area contributed by atoms with Crippen LogP contribution in [0.1, 0.15) is 54.9 Å². The first kappa shape index (κ1) is 16.0. The van der Waals surface area contributed by atoms with Gasteiger partial charge in [-0.2, -0.15) is 0 Å². The highest BCUT2D eigenvalue weighted by atomic mass is 19.1. The summed E-state index contributed by atoms with van der Waals surface area (Å²) >= 11 is 0. The van der Waals surface area contributed by atoms with Gasteiger partial charge in [0.1, 0.15) is 5.82 Å². The number of amides is 1. The van der Waals surface area contributed by atoms with Crippen molar-refractivity contribution in [2.45, 2.75) is 58.0 Å². The molecule has 0 heterocycles. The summed E-state index contributed by atoms with van der Waals surface area (Å²) in [7, 11) is 0. The second-order valence-electron chi connectivity index (χ2n) is 6.03. The van der Waals surface area contributed by atoms with E-state index in [1.54, 1.807) is 13.0 Å². The number of nitrogens with zero attached hydrogens (tertiary/aromatic N) is 1. The number of nitrogens with two attached hydrogens (primary N) is 1. The van der Waals surface area contributed by atoms with E-state index in [2.05, 4.69) is 6.92 Å². The van der Waals surface area contributed by atoms with Crippen molar-refractivity contribution < 1.29 is 9.18 Å². The van der Waals surface area contributed by atoms with Gasteiger partial charge in [0, 0.05) is 24.2 Å². The van der Waals surface area contributed by atoms with Gasteiger partial charge in [-0.1, -0.05) is 6.92 Å². The average Bonchev–Trinajstić information content (AvgIpc) is 2.45. The van der Waals surface area contributed by atoms with Crippen LogP contribution in [0.15, 0.2) is 18.2 Å². The summed E-state index contributed by atoms with van der Waals surface area (Å²) in [5, 5.41) is 0. The van der Waals surface area contributed by atoms with E-state index >= 15 is 0 Å². The Morgan fingerprint density at radius 1 is 1.33 bits per heavy atom. The van der Waals surface area contributed by atoms with E-state index in [0.717, 1.165) is 38.6 Å². The predicted molar refractivity (Wildman–Crippen MR) is 82.7 cm³/mol. The summed E-state index contributed by atoms with van der Waals surface area (Å²) in [5.74, 6) is -0.274. The molecule has 0 aliphatic heterocycles. The van der Waals surface area contributed by atoms with E-state index < -0.39 is 0 Å². The number of hydrogen-bond donors (Lipinski definition) is 1. The van der Waals surface area contributed by atoms with Crippen molar-refractivity contribution in [3.8, 4) is 0 Å². The van der Waals surface area contributed by atoms with E-state index in [-0.39, 0.29) is 23.8 Å². The van der Waals surface area contributed by atoms with Gasteiger partial charge in [0.25, 0.3) is 5.91 Å². The molecule has 0 bridgehead atoms. The molecule has 1 saturated carbocycles. The first-order valence-electron chi connectivity index (χ1n) is 7.85. The average molecular weight is 292 g/mol. The van der Waals surface area contributed by atoms with E-state index in [0.29, 0.717) is 11.1 Å². The van der Waals surface area contributed by atoms with Gasteiger partial charge in [0.05, 0.1) is 0 Å². The Hall–Kier alpha value is -1.42. The molecule has 1 aromatic rings. The van der Waals surface area contributed by atoms with Gasteiger partial charge < -0.3 is 10.6 Å². The SMILES string of the molecule is CCCN(C(=O)c1ccc(F)cc1C)C1CCC(N)CC1. The van der Waals surface area contributed by atoms with Gasteiger partial charge in [0.2, 0.25) is 0 Å². The number of carbonyl (C=O) groups excluding carboxylic acids is 1. The Morgan fingerprint density at radius 2 is 2.00 bits per heavy atom. The molecule has 0 spiro atoms. The normalized spacial score (nSPS) is 22.1. The summed E-state index contributed by atoms with van der Waals surface area (Å²) in [6, 6.07) is 4.92. The van der Waals surface area contributed by atoms with E-state index in [4.69, 9.17) is 5.73 Å². The number of aryl methyl sites for hydroxylation is 1. The molecule has 0 radical (unpaired) electrons. The van der Waals surface area contributed by atoms with Crippen molar-refractivity contribution in [1.82, 2.24) is 4.90 Å². The molecule has 1 aliphatic rings. The fraction of sp³-hybridized carbons (Fsp3) is 0.588. The van der Waals surface area contributed by atoms with Crippen LogP contribution >= 0.6 is 0 Å². The summed E-state index contributed by atoms with van der Waals surface area (Å²) in [6.45, 7) is 4.61. The molecule has 21 heavy (non-hydrogen) atoms. The topological polar surface area (TPSA) is 46.3 Å². The van der Waals surface area contributed by atoms with Gasteiger partial charge >= 0.3 is 0 Å². The monoisotopic (exact) mass is 292 g/mol. The maximum atomic E-state index is 13.2. The Morgan fingerprint density at radius 3 is 2.57 bits per heavy atom. The van der Waals surface area contributed by atoms with Crippen molar-refractivity contribution in [2.24, 2.45) is 5.73 Å². The minimum Gasteiger partial charge on any atom is -0.336 e. The van der Waals surface area contributed by atoms with Crippen LogP contribution in [-0.2, 0) is 0 Å². The first-order chi connectivity index (χ1) is 10.0. The zero-order valence-electron chi connectivity index (χ0n) is 12.9.